The van der Waals surface area contributed by atoms with Gasteiger partial charge in [-0.15, -0.1) is 21.5 Å². The number of phenols is 1. The van der Waals surface area contributed by atoms with Crippen molar-refractivity contribution in [2.45, 2.75) is 57.0 Å². The highest BCUT2D eigenvalue weighted by Gasteiger charge is 2.50. The van der Waals surface area contributed by atoms with Gasteiger partial charge in [-0.3, -0.25) is 0 Å². The largest absolute Gasteiger partial charge is 0.507 e. The Morgan fingerprint density at radius 3 is 2.67 bits per heavy atom. The van der Waals surface area contributed by atoms with E-state index >= 15 is 0 Å². The molecule has 8 nitrogen and oxygen atoms in total. The molecule has 4 aromatic rings. The molecule has 2 saturated heterocycles. The molecule has 1 saturated carbocycles. The molecule has 0 amide bonds. The quantitative estimate of drug-likeness (QED) is 0.340. The molecule has 1 aromatic carbocycles. The summed E-state index contributed by atoms with van der Waals surface area (Å²) in [5, 5.41) is 24.9. The summed E-state index contributed by atoms with van der Waals surface area (Å²) < 4.78 is 0. The van der Waals surface area contributed by atoms with Gasteiger partial charge in [-0.25, -0.2) is 4.98 Å². The van der Waals surface area contributed by atoms with Gasteiger partial charge in [-0.1, -0.05) is 12.1 Å². The van der Waals surface area contributed by atoms with Gasteiger partial charge in [0.25, 0.3) is 0 Å². The molecule has 39 heavy (non-hydrogen) atoms. The zero-order chi connectivity index (χ0) is 26.1. The van der Waals surface area contributed by atoms with Crippen LogP contribution in [0.4, 0.5) is 5.13 Å². The first-order valence-electron chi connectivity index (χ1n) is 14.4. The number of H-pyrrole nitrogens is 1. The number of nitrogens with one attached hydrogen (secondary N) is 2. The molecule has 3 aromatic heterocycles. The van der Waals surface area contributed by atoms with Crippen LogP contribution in [0.3, 0.4) is 0 Å². The number of para-hydroxylation sites is 1. The van der Waals surface area contributed by atoms with Gasteiger partial charge in [0.05, 0.1) is 11.7 Å². The van der Waals surface area contributed by atoms with Crippen LogP contribution in [0.15, 0.2) is 36.5 Å². The van der Waals surface area contributed by atoms with E-state index < -0.39 is 0 Å². The van der Waals surface area contributed by atoms with Crippen LogP contribution in [0.25, 0.3) is 22.3 Å². The summed E-state index contributed by atoms with van der Waals surface area (Å²) in [6.07, 6.45) is 8.37. The predicted octanol–water partition coefficient (Wildman–Crippen LogP) is 4.84. The molecular formula is C30H35N7OS. The molecule has 9 heteroatoms. The minimum absolute atomic E-state index is 0.178. The van der Waals surface area contributed by atoms with Gasteiger partial charge in [0.2, 0.25) is 0 Å². The van der Waals surface area contributed by atoms with Crippen LogP contribution in [-0.2, 0) is 6.42 Å². The number of aromatic amines is 1. The number of fused-ring (bicyclic) bond motifs is 3. The first-order chi connectivity index (χ1) is 19.1. The van der Waals surface area contributed by atoms with Crippen molar-refractivity contribution in [3.63, 3.8) is 0 Å². The van der Waals surface area contributed by atoms with Crippen molar-refractivity contribution in [2.24, 2.45) is 5.41 Å². The highest BCUT2D eigenvalue weighted by atomic mass is 32.1. The molecule has 4 aliphatic rings. The maximum atomic E-state index is 10.4. The van der Waals surface area contributed by atoms with Crippen molar-refractivity contribution < 1.29 is 5.11 Å². The highest BCUT2D eigenvalue weighted by Crippen LogP contribution is 2.48. The normalized spacial score (nSPS) is 23.6. The summed E-state index contributed by atoms with van der Waals surface area (Å²) in [6.45, 7) is 8.14. The Labute approximate surface area is 232 Å². The van der Waals surface area contributed by atoms with Gasteiger partial charge in [0, 0.05) is 65.4 Å². The van der Waals surface area contributed by atoms with Gasteiger partial charge in [-0.2, -0.15) is 0 Å². The summed E-state index contributed by atoms with van der Waals surface area (Å²) in [5.41, 5.74) is 5.36. The highest BCUT2D eigenvalue weighted by molar-refractivity contribution is 7.15. The van der Waals surface area contributed by atoms with Crippen LogP contribution in [0, 0.1) is 5.41 Å². The molecule has 0 bridgehead atoms. The number of phenolic OH excluding ortho intramolecular Hbond substituents is 1. The van der Waals surface area contributed by atoms with Crippen LogP contribution in [0.1, 0.15) is 60.7 Å². The average molecular weight is 542 g/mol. The lowest BCUT2D eigenvalue weighted by molar-refractivity contribution is -0.0431. The second kappa shape index (κ2) is 9.01. The summed E-state index contributed by atoms with van der Waals surface area (Å²) in [7, 11) is 0. The third-order valence-electron chi connectivity index (χ3n) is 9.89. The van der Waals surface area contributed by atoms with E-state index in [1.54, 1.807) is 6.07 Å². The molecule has 0 unspecified atom stereocenters. The molecule has 3 aliphatic heterocycles. The van der Waals surface area contributed by atoms with Gasteiger partial charge >= 0.3 is 0 Å². The minimum atomic E-state index is 0.178. The molecule has 1 aliphatic carbocycles. The number of aromatic nitrogens is 4. The molecule has 1 atom stereocenters. The molecule has 3 N–H and O–H groups in total. The summed E-state index contributed by atoms with van der Waals surface area (Å²) in [6, 6.07) is 10.4. The van der Waals surface area contributed by atoms with E-state index in [-0.39, 0.29) is 11.8 Å². The zero-order valence-electron chi connectivity index (χ0n) is 22.4. The zero-order valence-corrected chi connectivity index (χ0v) is 23.2. The molecule has 6 heterocycles. The van der Waals surface area contributed by atoms with Crippen LogP contribution in [-0.4, -0.2) is 68.9 Å². The fourth-order valence-corrected chi connectivity index (χ4v) is 8.70. The number of rotatable bonds is 4. The number of benzene rings is 1. The summed E-state index contributed by atoms with van der Waals surface area (Å²) in [5.74, 6) is 0.852. The standard InChI is InChI=1S/C30H35N7OS/c1-18-27-22-12-24(21-4-2-3-5-25(21)38)34-35-28(22)33-23(27)8-11-37(18)29-32-15-26(39-29)19-6-9-36(10-7-19)20-13-30(14-20)16-31-17-30/h2-5,12,15,18-20,31,38H,6-11,13-14,16-17H2,1H3,(H,33,35)/t18-/m1/s1. The first kappa shape index (κ1) is 23.8. The number of thiazole rings is 1. The van der Waals surface area contributed by atoms with Gasteiger partial charge in [0.15, 0.2) is 10.8 Å². The molecule has 8 rings (SSSR count). The lowest BCUT2D eigenvalue weighted by atomic mass is 9.61. The Bertz CT molecular complexity index is 1530. The maximum absolute atomic E-state index is 10.4. The van der Waals surface area contributed by atoms with Crippen LogP contribution in [0.2, 0.25) is 0 Å². The van der Waals surface area contributed by atoms with E-state index in [4.69, 9.17) is 4.98 Å². The van der Waals surface area contributed by atoms with Crippen molar-refractivity contribution in [3.8, 4) is 17.0 Å². The number of hydrogen-bond donors (Lipinski definition) is 3. The van der Waals surface area contributed by atoms with E-state index in [1.165, 1.54) is 68.0 Å². The SMILES string of the molecule is C[C@@H]1c2c([nH]c3nnc(-c4ccccc4O)cc23)CCN1c1ncc(C2CCN(C3CC4(CNC4)C3)CC2)s1. The maximum Gasteiger partial charge on any atom is 0.186 e. The van der Waals surface area contributed by atoms with Crippen molar-refractivity contribution in [3.05, 3.63) is 52.7 Å². The van der Waals surface area contributed by atoms with E-state index in [0.29, 0.717) is 22.6 Å². The third-order valence-corrected chi connectivity index (χ3v) is 11.1. The number of anilines is 1. The van der Waals surface area contributed by atoms with Gasteiger partial charge < -0.3 is 25.2 Å². The fraction of sp³-hybridized carbons (Fsp3) is 0.500. The third kappa shape index (κ3) is 3.89. The van der Waals surface area contributed by atoms with Crippen molar-refractivity contribution in [1.29, 1.82) is 0 Å². The second-order valence-corrected chi connectivity index (χ2v) is 13.2. The van der Waals surface area contributed by atoms with Crippen molar-refractivity contribution in [1.82, 2.24) is 30.4 Å². The number of hydrogen-bond acceptors (Lipinski definition) is 8. The first-order valence-corrected chi connectivity index (χ1v) is 15.2. The van der Waals surface area contributed by atoms with Crippen LogP contribution in [0.5, 0.6) is 5.75 Å². The Balaban J connectivity index is 0.995. The van der Waals surface area contributed by atoms with Gasteiger partial charge in [-0.05, 0) is 75.2 Å². The number of nitrogens with zero attached hydrogens (tertiary/aromatic N) is 5. The van der Waals surface area contributed by atoms with Crippen molar-refractivity contribution >= 4 is 27.5 Å². The molecule has 0 radical (unpaired) electrons. The van der Waals surface area contributed by atoms with Crippen molar-refractivity contribution in [2.75, 3.05) is 37.6 Å². The Hall–Kier alpha value is -3.01. The molecule has 1 spiro atoms. The van der Waals surface area contributed by atoms with E-state index in [2.05, 4.69) is 49.5 Å². The predicted molar refractivity (Wildman–Crippen MR) is 154 cm³/mol. The summed E-state index contributed by atoms with van der Waals surface area (Å²) >= 11 is 1.89. The monoisotopic (exact) mass is 541 g/mol. The lowest BCUT2D eigenvalue weighted by Crippen LogP contribution is -2.65. The lowest BCUT2D eigenvalue weighted by Gasteiger charge is -2.58. The van der Waals surface area contributed by atoms with Gasteiger partial charge in [0.1, 0.15) is 5.75 Å². The van der Waals surface area contributed by atoms with Crippen LogP contribution < -0.4 is 10.2 Å². The smallest absolute Gasteiger partial charge is 0.186 e. The Morgan fingerprint density at radius 2 is 1.90 bits per heavy atom. The Morgan fingerprint density at radius 1 is 1.08 bits per heavy atom. The van der Waals surface area contributed by atoms with Crippen LogP contribution >= 0.6 is 11.3 Å². The van der Waals surface area contributed by atoms with E-state index in [0.717, 1.165) is 35.2 Å². The number of piperidine rings is 1. The fourth-order valence-electron chi connectivity index (χ4n) is 7.51. The Kier molecular flexibility index (Phi) is 5.51. The molecule has 202 valence electrons. The average Bonchev–Trinajstić information content (AvgIpc) is 3.53. The van der Waals surface area contributed by atoms with E-state index in [9.17, 15) is 5.11 Å². The molecule has 3 fully saturated rings. The summed E-state index contributed by atoms with van der Waals surface area (Å²) in [4.78, 5) is 15.1. The van der Waals surface area contributed by atoms with E-state index in [1.807, 2.05) is 29.5 Å². The minimum Gasteiger partial charge on any atom is -0.507 e. The second-order valence-electron chi connectivity index (χ2n) is 12.2. The number of aromatic hydroxyl groups is 1. The molecular weight excluding hydrogens is 506 g/mol. The number of likely N-dealkylation sites (tertiary alicyclic amines) is 1. The topological polar surface area (TPSA) is 93.2 Å².